The molecule has 0 amide bonds. The highest BCUT2D eigenvalue weighted by Crippen LogP contribution is 2.43. The van der Waals surface area contributed by atoms with Gasteiger partial charge in [0.25, 0.3) is 0 Å². The van der Waals surface area contributed by atoms with Gasteiger partial charge in [0.1, 0.15) is 15.9 Å². The summed E-state index contributed by atoms with van der Waals surface area (Å²) < 4.78 is 7.75. The molecule has 2 aromatic heterocycles. The molecule has 7 heteroatoms. The van der Waals surface area contributed by atoms with Gasteiger partial charge in [-0.05, 0) is 47.0 Å². The van der Waals surface area contributed by atoms with Gasteiger partial charge in [-0.2, -0.15) is 0 Å². The van der Waals surface area contributed by atoms with Crippen molar-refractivity contribution in [3.8, 4) is 0 Å². The lowest BCUT2D eigenvalue weighted by Gasteiger charge is -2.36. The summed E-state index contributed by atoms with van der Waals surface area (Å²) in [6.45, 7) is 4.35. The van der Waals surface area contributed by atoms with Crippen molar-refractivity contribution >= 4 is 33.2 Å². The fourth-order valence-electron chi connectivity index (χ4n) is 3.98. The number of ether oxygens (including phenoxy) is 1. The first-order chi connectivity index (χ1) is 11.4. The third-order valence-electron chi connectivity index (χ3n) is 5.20. The van der Waals surface area contributed by atoms with Crippen LogP contribution < -0.4 is 5.73 Å². The van der Waals surface area contributed by atoms with Gasteiger partial charge in [0.15, 0.2) is 5.82 Å². The van der Waals surface area contributed by atoms with Crippen LogP contribution in [0.1, 0.15) is 44.9 Å². The smallest absolute Gasteiger partial charge is 0.308 e. The Balaban J connectivity index is 1.96. The van der Waals surface area contributed by atoms with E-state index in [0.29, 0.717) is 22.3 Å². The number of halogens is 1. The second kappa shape index (κ2) is 6.70. The second-order valence-electron chi connectivity index (χ2n) is 6.84. The molecule has 1 aliphatic rings. The summed E-state index contributed by atoms with van der Waals surface area (Å²) in [5.74, 6) is 2.20. The quantitative estimate of drug-likeness (QED) is 0.806. The molecule has 0 aromatic carbocycles. The molecule has 2 N–H and O–H groups in total. The van der Waals surface area contributed by atoms with Gasteiger partial charge in [0.05, 0.1) is 13.0 Å². The Morgan fingerprint density at radius 1 is 1.46 bits per heavy atom. The molecule has 0 radical (unpaired) electrons. The average Bonchev–Trinajstić information content (AvgIpc) is 2.91. The Morgan fingerprint density at radius 2 is 2.21 bits per heavy atom. The number of hydrogen-bond donors (Lipinski definition) is 1. The van der Waals surface area contributed by atoms with Gasteiger partial charge in [-0.25, -0.2) is 9.97 Å². The molecular weight excluding hydrogens is 372 g/mol. The number of anilines is 1. The van der Waals surface area contributed by atoms with Crippen molar-refractivity contribution < 1.29 is 9.53 Å². The highest BCUT2D eigenvalue weighted by Gasteiger charge is 2.39. The van der Waals surface area contributed by atoms with Gasteiger partial charge in [0.2, 0.25) is 0 Å². The number of methoxy groups -OCH3 is 1. The van der Waals surface area contributed by atoms with Crippen molar-refractivity contribution in [3.05, 3.63) is 22.8 Å². The number of nitrogens with two attached hydrogens (primary N) is 1. The molecular formula is C17H23BrN4O2. The van der Waals surface area contributed by atoms with E-state index < -0.39 is 0 Å². The first-order valence-corrected chi connectivity index (χ1v) is 9.09. The van der Waals surface area contributed by atoms with Gasteiger partial charge in [-0.1, -0.05) is 13.8 Å². The third kappa shape index (κ3) is 2.90. The number of hydrogen-bond acceptors (Lipinski definition) is 5. The van der Waals surface area contributed by atoms with Crippen molar-refractivity contribution in [2.24, 2.45) is 17.8 Å². The van der Waals surface area contributed by atoms with E-state index in [2.05, 4.69) is 39.7 Å². The summed E-state index contributed by atoms with van der Waals surface area (Å²) in [6.07, 6.45) is 6.31. The van der Waals surface area contributed by atoms with Crippen LogP contribution in [0, 0.1) is 17.8 Å². The van der Waals surface area contributed by atoms with Crippen LogP contribution in [0.2, 0.25) is 0 Å². The lowest BCUT2D eigenvalue weighted by molar-refractivity contribution is -0.149. The lowest BCUT2D eigenvalue weighted by atomic mass is 9.69. The molecule has 0 spiro atoms. The molecule has 3 rings (SSSR count). The number of imidazole rings is 1. The van der Waals surface area contributed by atoms with E-state index in [1.165, 1.54) is 7.11 Å². The number of carbonyl (C=O) groups excluding carboxylic acids is 1. The zero-order valence-corrected chi connectivity index (χ0v) is 15.8. The van der Waals surface area contributed by atoms with Crippen LogP contribution in [-0.2, 0) is 9.53 Å². The van der Waals surface area contributed by atoms with Crippen molar-refractivity contribution in [2.45, 2.75) is 39.0 Å². The van der Waals surface area contributed by atoms with Crippen LogP contribution in [0.3, 0.4) is 0 Å². The van der Waals surface area contributed by atoms with Crippen LogP contribution >= 0.6 is 15.9 Å². The molecule has 2 heterocycles. The molecule has 0 saturated heterocycles. The van der Waals surface area contributed by atoms with Crippen LogP contribution in [0.25, 0.3) is 5.52 Å². The molecule has 1 aliphatic carbocycles. The second-order valence-corrected chi connectivity index (χ2v) is 7.59. The predicted molar refractivity (Wildman–Crippen MR) is 95.5 cm³/mol. The Labute approximate surface area is 149 Å². The Bertz CT molecular complexity index is 758. The van der Waals surface area contributed by atoms with Crippen molar-refractivity contribution in [1.29, 1.82) is 0 Å². The van der Waals surface area contributed by atoms with E-state index in [1.54, 1.807) is 6.20 Å². The largest absolute Gasteiger partial charge is 0.469 e. The zero-order chi connectivity index (χ0) is 17.4. The number of carbonyl (C=O) groups is 1. The van der Waals surface area contributed by atoms with Crippen LogP contribution in [0.4, 0.5) is 5.82 Å². The molecule has 130 valence electrons. The summed E-state index contributed by atoms with van der Waals surface area (Å²) in [5, 5.41) is 0. The van der Waals surface area contributed by atoms with E-state index in [1.807, 2.05) is 10.6 Å². The average molecular weight is 395 g/mol. The summed E-state index contributed by atoms with van der Waals surface area (Å²) in [4.78, 5) is 21.1. The minimum Gasteiger partial charge on any atom is -0.469 e. The Kier molecular flexibility index (Phi) is 4.80. The first-order valence-electron chi connectivity index (χ1n) is 8.29. The van der Waals surface area contributed by atoms with Crippen molar-refractivity contribution in [2.75, 3.05) is 12.8 Å². The van der Waals surface area contributed by atoms with Gasteiger partial charge in [-0.15, -0.1) is 0 Å². The number of esters is 1. The van der Waals surface area contributed by atoms with E-state index in [9.17, 15) is 4.79 Å². The SMILES string of the molecule is COC(=O)[C@H]1C[C@@H](c2nc(Br)c3c(N)nccn23)CC[C@H]1C(C)C. The van der Waals surface area contributed by atoms with Gasteiger partial charge in [-0.3, -0.25) is 9.20 Å². The van der Waals surface area contributed by atoms with Crippen molar-refractivity contribution in [3.63, 3.8) is 0 Å². The van der Waals surface area contributed by atoms with Crippen LogP contribution in [0.15, 0.2) is 17.0 Å². The highest BCUT2D eigenvalue weighted by molar-refractivity contribution is 9.10. The molecule has 2 aromatic rings. The molecule has 0 unspecified atom stereocenters. The number of aromatic nitrogens is 3. The minimum atomic E-state index is -0.112. The molecule has 3 atom stereocenters. The van der Waals surface area contributed by atoms with Crippen LogP contribution in [-0.4, -0.2) is 27.4 Å². The normalized spacial score (nSPS) is 24.5. The minimum absolute atomic E-state index is 0.0842. The summed E-state index contributed by atoms with van der Waals surface area (Å²) in [7, 11) is 1.47. The molecule has 0 bridgehead atoms. The monoisotopic (exact) mass is 394 g/mol. The number of fused-ring (bicyclic) bond motifs is 1. The molecule has 24 heavy (non-hydrogen) atoms. The Morgan fingerprint density at radius 3 is 2.88 bits per heavy atom. The molecule has 1 saturated carbocycles. The van der Waals surface area contributed by atoms with E-state index in [4.69, 9.17) is 10.5 Å². The molecule has 0 aliphatic heterocycles. The molecule has 6 nitrogen and oxygen atoms in total. The van der Waals surface area contributed by atoms with Crippen molar-refractivity contribution in [1.82, 2.24) is 14.4 Å². The lowest BCUT2D eigenvalue weighted by Crippen LogP contribution is -2.34. The summed E-state index contributed by atoms with van der Waals surface area (Å²) >= 11 is 3.48. The number of rotatable bonds is 3. The van der Waals surface area contributed by atoms with E-state index in [-0.39, 0.29) is 17.8 Å². The maximum absolute atomic E-state index is 12.3. The molecule has 1 fully saturated rings. The fourth-order valence-corrected chi connectivity index (χ4v) is 4.56. The van der Waals surface area contributed by atoms with E-state index >= 15 is 0 Å². The maximum Gasteiger partial charge on any atom is 0.308 e. The van der Waals surface area contributed by atoms with Crippen LogP contribution in [0.5, 0.6) is 0 Å². The predicted octanol–water partition coefficient (Wildman–Crippen LogP) is 3.40. The topological polar surface area (TPSA) is 82.5 Å². The fraction of sp³-hybridized carbons (Fsp3) is 0.588. The summed E-state index contributed by atoms with van der Waals surface area (Å²) in [6, 6.07) is 0. The first kappa shape index (κ1) is 17.2. The Hall–Kier alpha value is -1.63. The third-order valence-corrected chi connectivity index (χ3v) is 5.75. The van der Waals surface area contributed by atoms with Gasteiger partial charge >= 0.3 is 5.97 Å². The van der Waals surface area contributed by atoms with Gasteiger partial charge < -0.3 is 10.5 Å². The zero-order valence-electron chi connectivity index (χ0n) is 14.2. The standard InChI is InChI=1S/C17H23BrN4O2/c1-9(2)11-5-4-10(8-12(11)17(23)24-3)16-21-14(18)13-15(19)20-6-7-22(13)16/h6-7,9-12H,4-5,8H2,1-3H3,(H2,19,20)/t10-,11-,12-/m0/s1. The summed E-state index contributed by atoms with van der Waals surface area (Å²) in [5.41, 5.74) is 6.77. The number of nitrogens with zero attached hydrogens (tertiary/aromatic N) is 3. The highest BCUT2D eigenvalue weighted by atomic mass is 79.9. The van der Waals surface area contributed by atoms with E-state index in [0.717, 1.165) is 30.6 Å². The maximum atomic E-state index is 12.3. The van der Waals surface area contributed by atoms with Gasteiger partial charge in [0, 0.05) is 18.3 Å². The number of nitrogen functional groups attached to an aromatic ring is 1.